The molecule has 4 aromatic rings. The Morgan fingerprint density at radius 1 is 1.10 bits per heavy atom. The van der Waals surface area contributed by atoms with Gasteiger partial charge < -0.3 is 23.6 Å². The highest BCUT2D eigenvalue weighted by molar-refractivity contribution is 5.92. The molecule has 0 spiro atoms. The van der Waals surface area contributed by atoms with Crippen molar-refractivity contribution in [2.75, 3.05) is 0 Å². The molecule has 0 saturated carbocycles. The summed E-state index contributed by atoms with van der Waals surface area (Å²) in [4.78, 5) is 34.0. The average molecular weight is 547 g/mol. The normalized spacial score (nSPS) is 11.8. The molecule has 0 aliphatic carbocycles. The number of aromatic nitrogens is 1. The number of nitro groups is 1. The summed E-state index contributed by atoms with van der Waals surface area (Å²) in [6.07, 6.45) is -0.0757. The molecule has 0 aliphatic heterocycles. The third-order valence-electron chi connectivity index (χ3n) is 5.84. The molecule has 2 aromatic heterocycles. The fourth-order valence-corrected chi connectivity index (χ4v) is 3.82. The lowest BCUT2D eigenvalue weighted by molar-refractivity contribution is -0.386. The number of furan rings is 1. The van der Waals surface area contributed by atoms with Gasteiger partial charge in [-0.1, -0.05) is 0 Å². The zero-order valence-corrected chi connectivity index (χ0v) is 21.9. The van der Waals surface area contributed by atoms with E-state index >= 15 is 0 Å². The molecule has 2 aromatic carbocycles. The lowest BCUT2D eigenvalue weighted by atomic mass is 10.2. The number of benzene rings is 2. The van der Waals surface area contributed by atoms with Gasteiger partial charge in [0.1, 0.15) is 18.1 Å². The Bertz CT molecular complexity index is 1550. The molecule has 12 nitrogen and oxygen atoms in total. The highest BCUT2D eigenvalue weighted by Gasteiger charge is 2.21. The van der Waals surface area contributed by atoms with Crippen LogP contribution >= 0.6 is 0 Å². The second-order valence-corrected chi connectivity index (χ2v) is 8.78. The summed E-state index contributed by atoms with van der Waals surface area (Å²) in [5, 5.41) is 24.1. The molecule has 0 aliphatic rings. The highest BCUT2D eigenvalue weighted by atomic mass is 16.6. The fraction of sp³-hybridized carbons (Fsp3) is 0.179. The van der Waals surface area contributed by atoms with Crippen LogP contribution in [-0.4, -0.2) is 38.8 Å². The quantitative estimate of drug-likeness (QED) is 0.154. The van der Waals surface area contributed by atoms with Crippen molar-refractivity contribution in [2.45, 2.75) is 33.5 Å². The van der Waals surface area contributed by atoms with E-state index < -0.39 is 28.6 Å². The van der Waals surface area contributed by atoms with E-state index in [2.05, 4.69) is 27.2 Å². The summed E-state index contributed by atoms with van der Waals surface area (Å²) in [7, 11) is 0. The largest absolute Gasteiger partial charge is 0.486 e. The van der Waals surface area contributed by atoms with Gasteiger partial charge in [-0.15, -0.1) is 0 Å². The zero-order valence-electron chi connectivity index (χ0n) is 21.9. The third kappa shape index (κ3) is 6.54. The van der Waals surface area contributed by atoms with Gasteiger partial charge in [-0.05, 0) is 81.4 Å². The molecular formula is C28H26N4O8. The molecule has 4 rings (SSSR count). The maximum absolute atomic E-state index is 12.4. The zero-order chi connectivity index (χ0) is 28.8. The Labute approximate surface area is 228 Å². The van der Waals surface area contributed by atoms with Crippen LogP contribution in [0.15, 0.2) is 76.2 Å². The molecule has 206 valence electrons. The minimum atomic E-state index is -1.27. The van der Waals surface area contributed by atoms with Crippen LogP contribution in [0.3, 0.4) is 0 Å². The topological polar surface area (TPSA) is 158 Å². The van der Waals surface area contributed by atoms with E-state index in [4.69, 9.17) is 19.0 Å². The summed E-state index contributed by atoms with van der Waals surface area (Å²) in [5.41, 5.74) is 5.42. The fourth-order valence-electron chi connectivity index (χ4n) is 3.82. The first-order chi connectivity index (χ1) is 19.1. The van der Waals surface area contributed by atoms with E-state index in [1.807, 2.05) is 38.1 Å². The first kappa shape index (κ1) is 27.6. The Balaban J connectivity index is 1.32. The third-order valence-corrected chi connectivity index (χ3v) is 5.84. The van der Waals surface area contributed by atoms with Crippen LogP contribution in [0.5, 0.6) is 11.5 Å². The lowest BCUT2D eigenvalue weighted by Gasteiger charge is -2.10. The van der Waals surface area contributed by atoms with Crippen molar-refractivity contribution < 1.29 is 33.5 Å². The maximum atomic E-state index is 12.4. The van der Waals surface area contributed by atoms with Crippen LogP contribution in [0, 0.1) is 24.0 Å². The molecular weight excluding hydrogens is 520 g/mol. The van der Waals surface area contributed by atoms with Crippen LogP contribution in [-0.2, 0) is 11.4 Å². The van der Waals surface area contributed by atoms with Crippen molar-refractivity contribution in [3.63, 3.8) is 0 Å². The molecule has 12 heteroatoms. The highest BCUT2D eigenvalue weighted by Crippen LogP contribution is 2.28. The monoisotopic (exact) mass is 546 g/mol. The van der Waals surface area contributed by atoms with E-state index in [-0.39, 0.29) is 23.7 Å². The molecule has 40 heavy (non-hydrogen) atoms. The summed E-state index contributed by atoms with van der Waals surface area (Å²) in [6, 6.07) is 18.7. The number of carbonyl (C=O) groups is 2. The second kappa shape index (κ2) is 12.0. The Hall–Kier alpha value is -5.39. The summed E-state index contributed by atoms with van der Waals surface area (Å²) in [5.74, 6) is -1.02. The molecule has 0 unspecified atom stereocenters. The molecule has 2 N–H and O–H groups in total. The number of hydrazone groups is 1. The Kier molecular flexibility index (Phi) is 8.28. The number of hydrogen-bond acceptors (Lipinski definition) is 8. The Morgan fingerprint density at radius 2 is 1.80 bits per heavy atom. The number of aryl methyl sites for hydroxylation is 2. The molecule has 0 fully saturated rings. The molecule has 0 bridgehead atoms. The smallest absolute Gasteiger partial charge is 0.344 e. The summed E-state index contributed by atoms with van der Waals surface area (Å²) in [6.45, 7) is 5.45. The lowest BCUT2D eigenvalue weighted by Crippen LogP contribution is -2.23. The van der Waals surface area contributed by atoms with Gasteiger partial charge in [-0.2, -0.15) is 5.10 Å². The number of nitrogens with one attached hydrogen (secondary N) is 1. The minimum Gasteiger partial charge on any atom is -0.486 e. The van der Waals surface area contributed by atoms with Gasteiger partial charge in [0.15, 0.2) is 17.6 Å². The number of carboxylic acid groups (broad SMARTS) is 1. The average Bonchev–Trinajstić information content (AvgIpc) is 3.54. The van der Waals surface area contributed by atoms with E-state index in [1.165, 1.54) is 31.3 Å². The number of rotatable bonds is 11. The summed E-state index contributed by atoms with van der Waals surface area (Å²) >= 11 is 0. The van der Waals surface area contributed by atoms with Gasteiger partial charge in [-0.3, -0.25) is 14.9 Å². The van der Waals surface area contributed by atoms with Gasteiger partial charge >= 0.3 is 17.6 Å². The van der Waals surface area contributed by atoms with Crippen molar-refractivity contribution in [2.24, 2.45) is 5.10 Å². The van der Waals surface area contributed by atoms with Crippen LogP contribution in [0.2, 0.25) is 0 Å². The van der Waals surface area contributed by atoms with Crippen molar-refractivity contribution in [1.29, 1.82) is 0 Å². The number of carboxylic acids is 1. The number of hydrogen-bond donors (Lipinski definition) is 2. The maximum Gasteiger partial charge on any atom is 0.344 e. The van der Waals surface area contributed by atoms with Crippen LogP contribution in [0.25, 0.3) is 5.69 Å². The van der Waals surface area contributed by atoms with E-state index in [0.717, 1.165) is 23.1 Å². The van der Waals surface area contributed by atoms with Gasteiger partial charge in [0.25, 0.3) is 0 Å². The van der Waals surface area contributed by atoms with Crippen LogP contribution < -0.4 is 14.9 Å². The van der Waals surface area contributed by atoms with Gasteiger partial charge in [0.2, 0.25) is 0 Å². The van der Waals surface area contributed by atoms with Gasteiger partial charge in [-0.25, -0.2) is 10.2 Å². The number of carbonyl (C=O) groups excluding carboxylic acids is 1. The number of amides is 1. The molecule has 0 saturated heterocycles. The van der Waals surface area contributed by atoms with Crippen molar-refractivity contribution in [3.8, 4) is 17.2 Å². The first-order valence-corrected chi connectivity index (χ1v) is 12.1. The van der Waals surface area contributed by atoms with E-state index in [0.29, 0.717) is 11.5 Å². The predicted octanol–water partition coefficient (Wildman–Crippen LogP) is 4.79. The van der Waals surface area contributed by atoms with E-state index in [1.54, 1.807) is 6.07 Å². The standard InChI is InChI=1S/C28H26N4O8/c1-17-4-5-18(2)31(17)21-7-9-22(10-8-21)38-16-23-11-13-26(40-23)27(33)30-29-15-20-6-12-25(24(14-20)32(36)37)39-19(3)28(34)35/h4-15,19H,16H2,1-3H3,(H,30,33)(H,34,35)/b29-15+/t19-/m1/s1. The number of nitrogens with zero attached hydrogens (tertiary/aromatic N) is 3. The molecule has 1 amide bonds. The summed E-state index contributed by atoms with van der Waals surface area (Å²) < 4.78 is 18.6. The van der Waals surface area contributed by atoms with Crippen LogP contribution in [0.4, 0.5) is 5.69 Å². The van der Waals surface area contributed by atoms with Crippen molar-refractivity contribution in [3.05, 3.63) is 105 Å². The number of ether oxygens (including phenoxy) is 2. The molecule has 0 radical (unpaired) electrons. The number of aliphatic carboxylic acids is 1. The van der Waals surface area contributed by atoms with Gasteiger partial charge in [0, 0.05) is 28.7 Å². The molecule has 2 heterocycles. The SMILES string of the molecule is Cc1ccc(C)n1-c1ccc(OCc2ccc(C(=O)N/N=C/c3ccc(O[C@H](C)C(=O)O)c([N+](=O)[O-])c3)o2)cc1. The van der Waals surface area contributed by atoms with E-state index in [9.17, 15) is 19.7 Å². The van der Waals surface area contributed by atoms with Gasteiger partial charge in [0.05, 0.1) is 11.1 Å². The first-order valence-electron chi connectivity index (χ1n) is 12.1. The molecule has 1 atom stereocenters. The van der Waals surface area contributed by atoms with Crippen molar-refractivity contribution in [1.82, 2.24) is 9.99 Å². The number of nitro benzene ring substituents is 1. The Morgan fingerprint density at radius 3 is 2.45 bits per heavy atom. The second-order valence-electron chi connectivity index (χ2n) is 8.78. The minimum absolute atomic E-state index is 0.00189. The van der Waals surface area contributed by atoms with Crippen LogP contribution in [0.1, 0.15) is 40.2 Å². The predicted molar refractivity (Wildman–Crippen MR) is 144 cm³/mol. The van der Waals surface area contributed by atoms with Crippen molar-refractivity contribution >= 4 is 23.8 Å².